The van der Waals surface area contributed by atoms with Crippen molar-refractivity contribution in [2.24, 2.45) is 0 Å². The van der Waals surface area contributed by atoms with Gasteiger partial charge in [0.15, 0.2) is 0 Å². The number of hydrogen-bond donors (Lipinski definition) is 2. The van der Waals surface area contributed by atoms with Crippen LogP contribution in [0.2, 0.25) is 0 Å². The van der Waals surface area contributed by atoms with Gasteiger partial charge < -0.3 is 5.73 Å². The first-order chi connectivity index (χ1) is 13.4. The highest BCUT2D eigenvalue weighted by atomic mass is 32.2. The smallest absolute Gasteiger partial charge is 0.240 e. The monoisotopic (exact) mass is 392 g/mol. The molecule has 3 N–H and O–H groups in total. The summed E-state index contributed by atoms with van der Waals surface area (Å²) in [6.07, 6.45) is 3.30. The minimum atomic E-state index is -3.55. The van der Waals surface area contributed by atoms with Gasteiger partial charge in [-0.1, -0.05) is 49.0 Å². The van der Waals surface area contributed by atoms with Crippen LogP contribution in [-0.2, 0) is 10.0 Å². The van der Waals surface area contributed by atoms with E-state index in [9.17, 15) is 8.42 Å². The quantitative estimate of drug-likeness (QED) is 0.671. The SMILES string of the molecule is C=C(c1ccccc1)c1nc(-c2cccc(S(=O)(=O)NC3CC3)c2)cnc1N. The van der Waals surface area contributed by atoms with Crippen molar-refractivity contribution >= 4 is 21.4 Å². The van der Waals surface area contributed by atoms with Gasteiger partial charge >= 0.3 is 0 Å². The van der Waals surface area contributed by atoms with Crippen molar-refractivity contribution in [2.45, 2.75) is 23.8 Å². The van der Waals surface area contributed by atoms with Gasteiger partial charge in [0.05, 0.1) is 16.8 Å². The predicted molar refractivity (Wildman–Crippen MR) is 110 cm³/mol. The highest BCUT2D eigenvalue weighted by Gasteiger charge is 2.28. The number of nitrogens with zero attached hydrogens (tertiary/aromatic N) is 2. The second kappa shape index (κ2) is 7.18. The fraction of sp³-hybridized carbons (Fsp3) is 0.143. The van der Waals surface area contributed by atoms with E-state index in [1.54, 1.807) is 24.3 Å². The molecule has 0 unspecified atom stereocenters. The van der Waals surface area contributed by atoms with Crippen molar-refractivity contribution in [1.29, 1.82) is 0 Å². The van der Waals surface area contributed by atoms with Crippen LogP contribution < -0.4 is 10.5 Å². The van der Waals surface area contributed by atoms with Crippen molar-refractivity contribution in [3.63, 3.8) is 0 Å². The number of sulfonamides is 1. The van der Waals surface area contributed by atoms with E-state index >= 15 is 0 Å². The third-order valence-electron chi connectivity index (χ3n) is 4.55. The van der Waals surface area contributed by atoms with Gasteiger partial charge in [-0.25, -0.2) is 23.1 Å². The standard InChI is InChI=1S/C21H20N4O2S/c1-14(15-6-3-2-4-7-15)20-21(22)23-13-19(24-20)16-8-5-9-18(12-16)28(26,27)25-17-10-11-17/h2-9,12-13,17,25H,1,10-11H2,(H2,22,23). The molecule has 6 nitrogen and oxygen atoms in total. The molecule has 2 aromatic carbocycles. The Hall–Kier alpha value is -3.03. The molecule has 1 aliphatic carbocycles. The molecule has 1 heterocycles. The summed E-state index contributed by atoms with van der Waals surface area (Å²) in [5, 5.41) is 0. The molecule has 142 valence electrons. The number of rotatable bonds is 6. The molecular weight excluding hydrogens is 372 g/mol. The molecule has 1 fully saturated rings. The summed E-state index contributed by atoms with van der Waals surface area (Å²) >= 11 is 0. The van der Waals surface area contributed by atoms with Crippen LogP contribution >= 0.6 is 0 Å². The molecule has 1 aromatic heterocycles. The Bertz CT molecular complexity index is 1140. The van der Waals surface area contributed by atoms with E-state index < -0.39 is 10.0 Å². The Morgan fingerprint density at radius 2 is 1.86 bits per heavy atom. The number of anilines is 1. The number of benzene rings is 2. The molecule has 7 heteroatoms. The van der Waals surface area contributed by atoms with Crippen LogP contribution in [0.15, 0.2) is 72.3 Å². The third-order valence-corrected chi connectivity index (χ3v) is 6.07. The van der Waals surface area contributed by atoms with Gasteiger partial charge in [-0.3, -0.25) is 0 Å². The summed E-state index contributed by atoms with van der Waals surface area (Å²) in [6.45, 7) is 4.10. The van der Waals surface area contributed by atoms with Gasteiger partial charge in [-0.05, 0) is 30.5 Å². The molecule has 0 atom stereocenters. The minimum absolute atomic E-state index is 0.0470. The normalized spacial score (nSPS) is 14.0. The maximum Gasteiger partial charge on any atom is 0.240 e. The maximum atomic E-state index is 12.5. The van der Waals surface area contributed by atoms with Crippen molar-refractivity contribution in [1.82, 2.24) is 14.7 Å². The fourth-order valence-corrected chi connectivity index (χ4v) is 4.20. The first-order valence-electron chi connectivity index (χ1n) is 8.94. The number of hydrogen-bond acceptors (Lipinski definition) is 5. The van der Waals surface area contributed by atoms with E-state index in [0.29, 0.717) is 22.5 Å². The topological polar surface area (TPSA) is 98.0 Å². The van der Waals surface area contributed by atoms with E-state index in [2.05, 4.69) is 21.3 Å². The summed E-state index contributed by atoms with van der Waals surface area (Å²) in [4.78, 5) is 9.06. The van der Waals surface area contributed by atoms with Crippen LogP contribution in [0.3, 0.4) is 0 Å². The lowest BCUT2D eigenvalue weighted by atomic mass is 10.0. The molecule has 1 saturated carbocycles. The summed E-state index contributed by atoms with van der Waals surface area (Å²) in [7, 11) is -3.55. The third kappa shape index (κ3) is 3.81. The molecule has 28 heavy (non-hydrogen) atoms. The summed E-state index contributed by atoms with van der Waals surface area (Å²) < 4.78 is 27.7. The Labute approximate surface area is 164 Å². The first kappa shape index (κ1) is 18.3. The zero-order valence-electron chi connectivity index (χ0n) is 15.2. The lowest BCUT2D eigenvalue weighted by Crippen LogP contribution is -2.25. The highest BCUT2D eigenvalue weighted by molar-refractivity contribution is 7.89. The molecule has 0 amide bonds. The van der Waals surface area contributed by atoms with Crippen LogP contribution in [0.4, 0.5) is 5.82 Å². The van der Waals surface area contributed by atoms with Crippen LogP contribution in [0.1, 0.15) is 24.1 Å². The number of aromatic nitrogens is 2. The molecular formula is C21H20N4O2S. The first-order valence-corrected chi connectivity index (χ1v) is 10.4. The van der Waals surface area contributed by atoms with Gasteiger partial charge in [0.1, 0.15) is 11.5 Å². The Morgan fingerprint density at radius 3 is 2.57 bits per heavy atom. The Morgan fingerprint density at radius 1 is 1.11 bits per heavy atom. The maximum absolute atomic E-state index is 12.5. The average molecular weight is 392 g/mol. The largest absolute Gasteiger partial charge is 0.382 e. The van der Waals surface area contributed by atoms with Gasteiger partial charge in [-0.2, -0.15) is 0 Å². The van der Waals surface area contributed by atoms with E-state index in [4.69, 9.17) is 5.73 Å². The van der Waals surface area contributed by atoms with E-state index in [1.165, 1.54) is 6.20 Å². The predicted octanol–water partition coefficient (Wildman–Crippen LogP) is 3.23. The number of nitrogens with one attached hydrogen (secondary N) is 1. The highest BCUT2D eigenvalue weighted by Crippen LogP contribution is 2.28. The lowest BCUT2D eigenvalue weighted by Gasteiger charge is -2.11. The van der Waals surface area contributed by atoms with Gasteiger partial charge in [-0.15, -0.1) is 0 Å². The van der Waals surface area contributed by atoms with Crippen LogP contribution in [0, 0.1) is 0 Å². The lowest BCUT2D eigenvalue weighted by molar-refractivity contribution is 0.581. The van der Waals surface area contributed by atoms with Crippen molar-refractivity contribution in [3.05, 3.63) is 78.6 Å². The molecule has 0 bridgehead atoms. The molecule has 0 aliphatic heterocycles. The van der Waals surface area contributed by atoms with Gasteiger partial charge in [0.25, 0.3) is 0 Å². The molecule has 0 radical (unpaired) electrons. The Balaban J connectivity index is 1.70. The minimum Gasteiger partial charge on any atom is -0.382 e. The van der Waals surface area contributed by atoms with Gasteiger partial charge in [0.2, 0.25) is 10.0 Å². The zero-order chi connectivity index (χ0) is 19.7. The molecule has 0 spiro atoms. The fourth-order valence-electron chi connectivity index (χ4n) is 2.85. The molecule has 0 saturated heterocycles. The van der Waals surface area contributed by atoms with Crippen molar-refractivity contribution in [3.8, 4) is 11.3 Å². The summed E-state index contributed by atoms with van der Waals surface area (Å²) in [5.74, 6) is 0.275. The van der Waals surface area contributed by atoms with Crippen molar-refractivity contribution < 1.29 is 8.42 Å². The molecule has 1 aliphatic rings. The molecule has 3 aromatic rings. The van der Waals surface area contributed by atoms with E-state index in [0.717, 1.165) is 18.4 Å². The number of nitrogen functional groups attached to an aromatic ring is 1. The van der Waals surface area contributed by atoms with Crippen LogP contribution in [0.5, 0.6) is 0 Å². The molecule has 4 rings (SSSR count). The number of nitrogens with two attached hydrogens (primary N) is 1. The van der Waals surface area contributed by atoms with E-state index in [1.807, 2.05) is 30.3 Å². The second-order valence-corrected chi connectivity index (χ2v) is 8.47. The van der Waals surface area contributed by atoms with E-state index in [-0.39, 0.29) is 16.8 Å². The zero-order valence-corrected chi connectivity index (χ0v) is 16.0. The van der Waals surface area contributed by atoms with Crippen LogP contribution in [0.25, 0.3) is 16.8 Å². The second-order valence-electron chi connectivity index (χ2n) is 6.76. The Kier molecular flexibility index (Phi) is 4.70. The summed E-state index contributed by atoms with van der Waals surface area (Å²) in [6, 6.07) is 16.3. The summed E-state index contributed by atoms with van der Waals surface area (Å²) in [5.41, 5.74) is 9.24. The van der Waals surface area contributed by atoms with Gasteiger partial charge in [0, 0.05) is 17.2 Å². The average Bonchev–Trinajstić information content (AvgIpc) is 3.52. The van der Waals surface area contributed by atoms with Crippen LogP contribution in [-0.4, -0.2) is 24.4 Å². The van der Waals surface area contributed by atoms with Crippen molar-refractivity contribution in [2.75, 3.05) is 5.73 Å².